The van der Waals surface area contributed by atoms with Crippen LogP contribution in [0.2, 0.25) is 0 Å². The number of aromatic nitrogens is 1. The average molecular weight is 120 g/mol. The lowest BCUT2D eigenvalue weighted by Crippen LogP contribution is -1.79. The molecule has 0 fully saturated rings. The molecule has 1 rings (SSSR count). The van der Waals surface area contributed by atoms with E-state index in [1.165, 1.54) is 0 Å². The van der Waals surface area contributed by atoms with Crippen molar-refractivity contribution in [2.45, 2.75) is 0 Å². The van der Waals surface area contributed by atoms with Gasteiger partial charge in [-0.1, -0.05) is 6.07 Å². The molecule has 0 aliphatic carbocycles. The van der Waals surface area contributed by atoms with E-state index in [2.05, 4.69) is 9.98 Å². The first-order chi connectivity index (χ1) is 4.43. The predicted molar refractivity (Wildman–Crippen MR) is 37.8 cm³/mol. The number of pyridine rings is 1. The molecule has 0 atom stereocenters. The maximum atomic E-state index is 3.91. The molecule has 0 amide bonds. The second kappa shape index (κ2) is 2.97. The predicted octanol–water partition coefficient (Wildman–Crippen LogP) is 1.13. The molecule has 0 N–H and O–H groups in total. The summed E-state index contributed by atoms with van der Waals surface area (Å²) in [5.74, 6) is 0. The van der Waals surface area contributed by atoms with Crippen LogP contribution in [0.1, 0.15) is 5.56 Å². The van der Waals surface area contributed by atoms with Crippen molar-refractivity contribution in [1.82, 2.24) is 4.98 Å². The van der Waals surface area contributed by atoms with E-state index in [9.17, 15) is 0 Å². The van der Waals surface area contributed by atoms with Gasteiger partial charge in [-0.2, -0.15) is 0 Å². The molecule has 0 bridgehead atoms. The number of hydrogen-bond donors (Lipinski definition) is 0. The Morgan fingerprint density at radius 3 is 3.11 bits per heavy atom. The van der Waals surface area contributed by atoms with Crippen LogP contribution in [0.25, 0.3) is 0 Å². The Kier molecular flexibility index (Phi) is 1.96. The normalized spacial score (nSPS) is 10.3. The van der Waals surface area contributed by atoms with Crippen molar-refractivity contribution in [2.24, 2.45) is 4.99 Å². The van der Waals surface area contributed by atoms with Crippen LogP contribution >= 0.6 is 0 Å². The maximum Gasteiger partial charge on any atom is 0.0355 e. The largest absolute Gasteiger partial charge is 0.296 e. The zero-order valence-corrected chi connectivity index (χ0v) is 5.28. The van der Waals surface area contributed by atoms with Crippen molar-refractivity contribution < 1.29 is 0 Å². The van der Waals surface area contributed by atoms with E-state index in [1.807, 2.05) is 12.1 Å². The van der Waals surface area contributed by atoms with Crippen molar-refractivity contribution in [2.75, 3.05) is 7.05 Å². The van der Waals surface area contributed by atoms with Gasteiger partial charge in [-0.3, -0.25) is 9.98 Å². The molecule has 0 saturated heterocycles. The van der Waals surface area contributed by atoms with Gasteiger partial charge in [0.25, 0.3) is 0 Å². The highest BCUT2D eigenvalue weighted by Crippen LogP contribution is 1.88. The van der Waals surface area contributed by atoms with Gasteiger partial charge >= 0.3 is 0 Å². The van der Waals surface area contributed by atoms with E-state index in [1.54, 1.807) is 25.7 Å². The van der Waals surface area contributed by atoms with Crippen molar-refractivity contribution in [1.29, 1.82) is 0 Å². The Hall–Kier alpha value is -1.18. The summed E-state index contributed by atoms with van der Waals surface area (Å²) < 4.78 is 0. The molecular weight excluding hydrogens is 112 g/mol. The molecule has 0 radical (unpaired) electrons. The van der Waals surface area contributed by atoms with Gasteiger partial charge in [0.05, 0.1) is 0 Å². The van der Waals surface area contributed by atoms with Crippen molar-refractivity contribution >= 4 is 6.21 Å². The smallest absolute Gasteiger partial charge is 0.0355 e. The van der Waals surface area contributed by atoms with Crippen LogP contribution in [0, 0.1) is 0 Å². The van der Waals surface area contributed by atoms with E-state index in [4.69, 9.17) is 0 Å². The highest BCUT2D eigenvalue weighted by molar-refractivity contribution is 5.78. The zero-order valence-electron chi connectivity index (χ0n) is 5.28. The fourth-order valence-corrected chi connectivity index (χ4v) is 0.601. The quantitative estimate of drug-likeness (QED) is 0.510. The molecule has 2 nitrogen and oxygen atoms in total. The first-order valence-corrected chi connectivity index (χ1v) is 2.75. The van der Waals surface area contributed by atoms with Gasteiger partial charge in [0, 0.05) is 31.2 Å². The monoisotopic (exact) mass is 120 g/mol. The third kappa shape index (κ3) is 1.64. The van der Waals surface area contributed by atoms with E-state index in [0.29, 0.717) is 0 Å². The summed E-state index contributed by atoms with van der Waals surface area (Å²) in [5, 5.41) is 0. The first-order valence-electron chi connectivity index (χ1n) is 2.75. The average Bonchev–Trinajstić information content (AvgIpc) is 1.91. The fourth-order valence-electron chi connectivity index (χ4n) is 0.601. The van der Waals surface area contributed by atoms with Gasteiger partial charge < -0.3 is 0 Å². The number of rotatable bonds is 1. The minimum Gasteiger partial charge on any atom is -0.296 e. The van der Waals surface area contributed by atoms with Gasteiger partial charge in [0.2, 0.25) is 0 Å². The van der Waals surface area contributed by atoms with Crippen LogP contribution in [-0.4, -0.2) is 18.2 Å². The molecule has 2 heteroatoms. The molecular formula is C7H8N2. The molecule has 1 aromatic rings. The number of hydrogen-bond acceptors (Lipinski definition) is 2. The lowest BCUT2D eigenvalue weighted by atomic mass is 10.3. The molecule has 1 aromatic heterocycles. The van der Waals surface area contributed by atoms with Crippen LogP contribution in [0.5, 0.6) is 0 Å². The Morgan fingerprint density at radius 1 is 1.67 bits per heavy atom. The van der Waals surface area contributed by atoms with E-state index in [-0.39, 0.29) is 0 Å². The molecule has 0 aromatic carbocycles. The third-order valence-corrected chi connectivity index (χ3v) is 0.963. The van der Waals surface area contributed by atoms with Gasteiger partial charge in [0.15, 0.2) is 0 Å². The first kappa shape index (κ1) is 5.95. The minimum atomic E-state index is 1.04. The topological polar surface area (TPSA) is 25.2 Å². The summed E-state index contributed by atoms with van der Waals surface area (Å²) in [7, 11) is 1.74. The van der Waals surface area contributed by atoms with Crippen LogP contribution in [-0.2, 0) is 0 Å². The van der Waals surface area contributed by atoms with E-state index < -0.39 is 0 Å². The molecule has 0 saturated carbocycles. The highest BCUT2D eigenvalue weighted by atomic mass is 14.7. The molecule has 1 heterocycles. The summed E-state index contributed by atoms with van der Waals surface area (Å²) in [4.78, 5) is 7.75. The summed E-state index contributed by atoms with van der Waals surface area (Å²) in [6, 6.07) is 3.84. The van der Waals surface area contributed by atoms with Gasteiger partial charge in [-0.05, 0) is 6.07 Å². The highest BCUT2D eigenvalue weighted by Gasteiger charge is 1.79. The summed E-state index contributed by atoms with van der Waals surface area (Å²) in [5.41, 5.74) is 1.04. The van der Waals surface area contributed by atoms with E-state index in [0.717, 1.165) is 5.56 Å². The van der Waals surface area contributed by atoms with Gasteiger partial charge in [-0.25, -0.2) is 0 Å². The van der Waals surface area contributed by atoms with Crippen LogP contribution < -0.4 is 0 Å². The molecule has 0 spiro atoms. The molecule has 9 heavy (non-hydrogen) atoms. The Bertz CT molecular complexity index is 191. The molecule has 0 aliphatic rings. The van der Waals surface area contributed by atoms with Crippen LogP contribution in [0.4, 0.5) is 0 Å². The Morgan fingerprint density at radius 2 is 2.56 bits per heavy atom. The Balaban J connectivity index is 2.85. The standard InChI is InChI=1S/C7H8N2/c1-8-5-7-3-2-4-9-6-7/h2-6H,1H3/b8-5-. The second-order valence-corrected chi connectivity index (χ2v) is 1.67. The van der Waals surface area contributed by atoms with Crippen molar-refractivity contribution in [3.8, 4) is 0 Å². The van der Waals surface area contributed by atoms with Gasteiger partial charge in [-0.15, -0.1) is 0 Å². The zero-order chi connectivity index (χ0) is 6.53. The maximum absolute atomic E-state index is 3.91. The minimum absolute atomic E-state index is 1.04. The summed E-state index contributed by atoms with van der Waals surface area (Å²) in [6.07, 6.45) is 5.28. The SMILES string of the molecule is C/N=C\c1cccnc1. The summed E-state index contributed by atoms with van der Waals surface area (Å²) in [6.45, 7) is 0. The van der Waals surface area contributed by atoms with E-state index >= 15 is 0 Å². The van der Waals surface area contributed by atoms with Gasteiger partial charge in [0.1, 0.15) is 0 Å². The summed E-state index contributed by atoms with van der Waals surface area (Å²) >= 11 is 0. The van der Waals surface area contributed by atoms with Crippen LogP contribution in [0.3, 0.4) is 0 Å². The number of nitrogens with zero attached hydrogens (tertiary/aromatic N) is 2. The second-order valence-electron chi connectivity index (χ2n) is 1.67. The Labute approximate surface area is 54.3 Å². The molecule has 0 unspecified atom stereocenters. The third-order valence-electron chi connectivity index (χ3n) is 0.963. The lowest BCUT2D eigenvalue weighted by Gasteiger charge is -1.85. The molecule has 0 aliphatic heterocycles. The van der Waals surface area contributed by atoms with Crippen LogP contribution in [0.15, 0.2) is 29.5 Å². The molecule has 46 valence electrons. The lowest BCUT2D eigenvalue weighted by molar-refractivity contribution is 1.32. The fraction of sp³-hybridized carbons (Fsp3) is 0.143. The van der Waals surface area contributed by atoms with Crippen molar-refractivity contribution in [3.63, 3.8) is 0 Å². The van der Waals surface area contributed by atoms with Crippen molar-refractivity contribution in [3.05, 3.63) is 30.1 Å². The number of aliphatic imine (C=N–C) groups is 1.